The maximum absolute atomic E-state index is 12.6. The van der Waals surface area contributed by atoms with Gasteiger partial charge >= 0.3 is 5.97 Å². The highest BCUT2D eigenvalue weighted by atomic mass is 35.5. The van der Waals surface area contributed by atoms with Crippen LogP contribution in [0.5, 0.6) is 0 Å². The van der Waals surface area contributed by atoms with Gasteiger partial charge in [-0.05, 0) is 38.0 Å². The summed E-state index contributed by atoms with van der Waals surface area (Å²) in [5.74, 6) is -0.671. The van der Waals surface area contributed by atoms with E-state index < -0.39 is 10.0 Å². The highest BCUT2D eigenvalue weighted by Crippen LogP contribution is 2.28. The number of hydrogen-bond acceptors (Lipinski definition) is 6. The first-order valence-electron chi connectivity index (χ1n) is 8.17. The molecule has 1 saturated heterocycles. The molecule has 0 atom stereocenters. The molecule has 1 aromatic carbocycles. The molecule has 0 aliphatic carbocycles. The molecular formula is C16H21ClN2O5S2. The number of hydrogen-bond donors (Lipinski definition) is 1. The van der Waals surface area contributed by atoms with E-state index in [1.807, 2.05) is 0 Å². The van der Waals surface area contributed by atoms with Gasteiger partial charge in [-0.15, -0.1) is 11.8 Å². The van der Waals surface area contributed by atoms with E-state index in [1.165, 1.54) is 22.5 Å². The van der Waals surface area contributed by atoms with Crippen LogP contribution < -0.4 is 5.32 Å². The minimum Gasteiger partial charge on any atom is -0.465 e. The Morgan fingerprint density at radius 3 is 2.62 bits per heavy atom. The lowest BCUT2D eigenvalue weighted by Crippen LogP contribution is -2.28. The average molecular weight is 421 g/mol. The second-order valence-corrected chi connectivity index (χ2v) is 8.93. The van der Waals surface area contributed by atoms with Crippen molar-refractivity contribution in [1.29, 1.82) is 0 Å². The third kappa shape index (κ3) is 5.60. The third-order valence-electron chi connectivity index (χ3n) is 3.67. The number of benzene rings is 1. The Morgan fingerprint density at radius 1 is 1.27 bits per heavy atom. The van der Waals surface area contributed by atoms with Gasteiger partial charge < -0.3 is 10.1 Å². The molecule has 1 heterocycles. The molecule has 1 fully saturated rings. The number of halogens is 1. The third-order valence-corrected chi connectivity index (χ3v) is 6.80. The van der Waals surface area contributed by atoms with Gasteiger partial charge in [-0.2, -0.15) is 4.31 Å². The zero-order valence-electron chi connectivity index (χ0n) is 14.4. The van der Waals surface area contributed by atoms with E-state index in [2.05, 4.69) is 5.32 Å². The number of ether oxygens (including phenoxy) is 1. The second-order valence-electron chi connectivity index (χ2n) is 5.60. The normalized spacial score (nSPS) is 15.0. The van der Waals surface area contributed by atoms with E-state index in [9.17, 15) is 18.0 Å². The van der Waals surface area contributed by atoms with Crippen molar-refractivity contribution in [2.75, 3.05) is 36.5 Å². The summed E-state index contributed by atoms with van der Waals surface area (Å²) in [7, 11) is -3.59. The van der Waals surface area contributed by atoms with Crippen molar-refractivity contribution < 1.29 is 22.7 Å². The van der Waals surface area contributed by atoms with Crippen LogP contribution in [0.1, 0.15) is 19.8 Å². The van der Waals surface area contributed by atoms with Crippen molar-refractivity contribution >= 4 is 50.9 Å². The Hall–Kier alpha value is -1.29. The molecule has 0 unspecified atom stereocenters. The molecule has 1 amide bonds. The molecular weight excluding hydrogens is 400 g/mol. The fraction of sp³-hybridized carbons (Fsp3) is 0.500. The number of carbonyl (C=O) groups is 2. The molecule has 26 heavy (non-hydrogen) atoms. The summed E-state index contributed by atoms with van der Waals surface area (Å²) in [5.41, 5.74) is 0.230. The first-order valence-corrected chi connectivity index (χ1v) is 11.1. The molecule has 144 valence electrons. The molecule has 10 heteroatoms. The summed E-state index contributed by atoms with van der Waals surface area (Å²) < 4.78 is 31.4. The number of carbonyl (C=O) groups excluding carboxylic acids is 2. The summed E-state index contributed by atoms with van der Waals surface area (Å²) in [6, 6.07) is 4.25. The van der Waals surface area contributed by atoms with Crippen molar-refractivity contribution in [3.05, 3.63) is 23.2 Å². The van der Waals surface area contributed by atoms with Crippen LogP contribution in [-0.4, -0.2) is 55.8 Å². The Kier molecular flexibility index (Phi) is 7.75. The molecule has 0 spiro atoms. The zero-order chi connectivity index (χ0) is 19.2. The van der Waals surface area contributed by atoms with Crippen molar-refractivity contribution in [2.45, 2.75) is 24.7 Å². The van der Waals surface area contributed by atoms with E-state index in [1.54, 1.807) is 6.92 Å². The molecule has 7 nitrogen and oxygen atoms in total. The van der Waals surface area contributed by atoms with Crippen LogP contribution in [0.3, 0.4) is 0 Å². The summed E-state index contributed by atoms with van der Waals surface area (Å²) in [6.07, 6.45) is 1.68. The Morgan fingerprint density at radius 2 is 1.96 bits per heavy atom. The lowest BCUT2D eigenvalue weighted by Gasteiger charge is -2.16. The number of sulfonamides is 1. The molecule has 0 saturated carbocycles. The summed E-state index contributed by atoms with van der Waals surface area (Å²) in [4.78, 5) is 23.4. The highest BCUT2D eigenvalue weighted by molar-refractivity contribution is 8.00. The van der Waals surface area contributed by atoms with Crippen LogP contribution in [0.2, 0.25) is 5.02 Å². The van der Waals surface area contributed by atoms with Crippen molar-refractivity contribution in [2.24, 2.45) is 0 Å². The fourth-order valence-corrected chi connectivity index (χ4v) is 4.77. The van der Waals surface area contributed by atoms with Crippen LogP contribution in [0.25, 0.3) is 0 Å². The van der Waals surface area contributed by atoms with Crippen LogP contribution in [0.4, 0.5) is 5.69 Å². The average Bonchev–Trinajstić information content (AvgIpc) is 3.12. The lowest BCUT2D eigenvalue weighted by molar-refractivity contribution is -0.139. The number of amides is 1. The predicted molar refractivity (Wildman–Crippen MR) is 102 cm³/mol. The van der Waals surface area contributed by atoms with E-state index in [4.69, 9.17) is 16.3 Å². The van der Waals surface area contributed by atoms with E-state index in [0.29, 0.717) is 19.7 Å². The largest absolute Gasteiger partial charge is 0.465 e. The monoisotopic (exact) mass is 420 g/mol. The molecule has 1 aliphatic rings. The van der Waals surface area contributed by atoms with Crippen molar-refractivity contribution in [3.63, 3.8) is 0 Å². The smallest absolute Gasteiger partial charge is 0.315 e. The second kappa shape index (κ2) is 9.59. The molecule has 1 N–H and O–H groups in total. The van der Waals surface area contributed by atoms with Crippen molar-refractivity contribution in [1.82, 2.24) is 4.31 Å². The Balaban J connectivity index is 2.01. The number of nitrogens with one attached hydrogen (secondary N) is 1. The summed E-state index contributed by atoms with van der Waals surface area (Å²) >= 11 is 7.18. The number of anilines is 1. The molecule has 0 aromatic heterocycles. The first kappa shape index (κ1) is 21.0. The highest BCUT2D eigenvalue weighted by Gasteiger charge is 2.27. The van der Waals surface area contributed by atoms with Gasteiger partial charge in [0, 0.05) is 13.1 Å². The van der Waals surface area contributed by atoms with Crippen LogP contribution in [0.15, 0.2) is 23.1 Å². The van der Waals surface area contributed by atoms with Crippen LogP contribution in [-0.2, 0) is 24.3 Å². The van der Waals surface area contributed by atoms with E-state index in [0.717, 1.165) is 24.6 Å². The van der Waals surface area contributed by atoms with Gasteiger partial charge in [0.1, 0.15) is 0 Å². The van der Waals surface area contributed by atoms with Gasteiger partial charge in [-0.3, -0.25) is 9.59 Å². The fourth-order valence-electron chi connectivity index (χ4n) is 2.45. The van der Waals surface area contributed by atoms with E-state index in [-0.39, 0.29) is 39.0 Å². The minimum absolute atomic E-state index is 0.0260. The van der Waals surface area contributed by atoms with Gasteiger partial charge in [-0.1, -0.05) is 11.6 Å². The molecule has 1 aliphatic heterocycles. The Labute approximate surface area is 162 Å². The predicted octanol–water partition coefficient (Wildman–Crippen LogP) is 2.36. The molecule has 0 radical (unpaired) electrons. The number of nitrogens with zero attached hydrogens (tertiary/aromatic N) is 1. The van der Waals surface area contributed by atoms with Gasteiger partial charge in [0.2, 0.25) is 15.9 Å². The van der Waals surface area contributed by atoms with E-state index >= 15 is 0 Å². The van der Waals surface area contributed by atoms with Gasteiger partial charge in [-0.25, -0.2) is 8.42 Å². The molecule has 1 aromatic rings. The van der Waals surface area contributed by atoms with Crippen molar-refractivity contribution in [3.8, 4) is 0 Å². The standard InChI is InChI=1S/C16H21ClN2O5S2/c1-2-24-16(21)11-25-10-15(20)18-14-9-12(5-6-13(14)17)26(22,23)19-7-3-4-8-19/h5-6,9H,2-4,7-8,10-11H2,1H3,(H,18,20). The van der Waals surface area contributed by atoms with Gasteiger partial charge in [0.15, 0.2) is 0 Å². The lowest BCUT2D eigenvalue weighted by atomic mass is 10.3. The summed E-state index contributed by atoms with van der Waals surface area (Å²) in [6.45, 7) is 2.99. The van der Waals surface area contributed by atoms with Crippen LogP contribution >= 0.6 is 23.4 Å². The van der Waals surface area contributed by atoms with Gasteiger partial charge in [0.25, 0.3) is 0 Å². The number of rotatable bonds is 8. The van der Waals surface area contributed by atoms with Gasteiger partial charge in [0.05, 0.1) is 33.7 Å². The first-order chi connectivity index (χ1) is 12.3. The quantitative estimate of drug-likeness (QED) is 0.649. The molecule has 0 bridgehead atoms. The SMILES string of the molecule is CCOC(=O)CSCC(=O)Nc1cc(S(=O)(=O)N2CCCC2)ccc1Cl. The van der Waals surface area contributed by atoms with Crippen LogP contribution in [0, 0.1) is 0 Å². The number of esters is 1. The maximum atomic E-state index is 12.6. The zero-order valence-corrected chi connectivity index (χ0v) is 16.8. The maximum Gasteiger partial charge on any atom is 0.315 e. The number of thioether (sulfide) groups is 1. The summed E-state index contributed by atoms with van der Waals surface area (Å²) in [5, 5.41) is 2.84. The topological polar surface area (TPSA) is 92.8 Å². The molecule has 2 rings (SSSR count). The minimum atomic E-state index is -3.59. The Bertz CT molecular complexity index is 764.